The lowest BCUT2D eigenvalue weighted by atomic mass is 10.1. The van der Waals surface area contributed by atoms with Gasteiger partial charge in [-0.3, -0.25) is 14.9 Å². The summed E-state index contributed by atoms with van der Waals surface area (Å²) in [6.45, 7) is 0. The van der Waals surface area contributed by atoms with Crippen molar-refractivity contribution in [2.75, 3.05) is 19.1 Å². The number of nitrogens with one attached hydrogen (secondary N) is 1. The van der Waals surface area contributed by atoms with E-state index in [9.17, 15) is 22.8 Å². The standard InChI is InChI=1S/C25H19ClN2O8S/c1-34-18-8-6-17(7-9-18)28-24(30)20(23(29)27-25(28)31)13-15-3-12-21(22(14-15)35-2)36-37(32,33)19-10-4-16(26)5-11-19/h3-14H,1-2H3,(H,27,29,31)/b20-13+. The van der Waals surface area contributed by atoms with Crippen LogP contribution in [0.3, 0.4) is 0 Å². The minimum Gasteiger partial charge on any atom is -0.497 e. The predicted octanol–water partition coefficient (Wildman–Crippen LogP) is 3.79. The molecule has 0 aliphatic carbocycles. The van der Waals surface area contributed by atoms with Crippen LogP contribution < -0.4 is 23.9 Å². The van der Waals surface area contributed by atoms with Gasteiger partial charge in [0.1, 0.15) is 16.2 Å². The number of carbonyl (C=O) groups excluding carboxylic acids is 3. The van der Waals surface area contributed by atoms with Crippen molar-refractivity contribution in [3.8, 4) is 17.2 Å². The minimum absolute atomic E-state index is 0.0265. The molecule has 3 aromatic carbocycles. The molecule has 0 bridgehead atoms. The van der Waals surface area contributed by atoms with Crippen LogP contribution in [0.15, 0.2) is 77.2 Å². The van der Waals surface area contributed by atoms with Gasteiger partial charge in [-0.05, 0) is 72.3 Å². The van der Waals surface area contributed by atoms with Crippen molar-refractivity contribution in [3.63, 3.8) is 0 Å². The second-order valence-electron chi connectivity index (χ2n) is 7.56. The van der Waals surface area contributed by atoms with Crippen LogP contribution in [0.5, 0.6) is 17.2 Å². The minimum atomic E-state index is -4.19. The van der Waals surface area contributed by atoms with E-state index in [1.165, 1.54) is 74.9 Å². The van der Waals surface area contributed by atoms with Gasteiger partial charge in [0.05, 0.1) is 19.9 Å². The molecule has 0 aromatic heterocycles. The van der Waals surface area contributed by atoms with Crippen LogP contribution in [-0.2, 0) is 19.7 Å². The smallest absolute Gasteiger partial charge is 0.339 e. The highest BCUT2D eigenvalue weighted by Crippen LogP contribution is 2.32. The third-order valence-electron chi connectivity index (χ3n) is 5.23. The molecule has 0 saturated carbocycles. The number of nitrogens with zero attached hydrogens (tertiary/aromatic N) is 1. The summed E-state index contributed by atoms with van der Waals surface area (Å²) in [5, 5.41) is 2.50. The Labute approximate surface area is 217 Å². The zero-order chi connectivity index (χ0) is 26.7. The number of carbonyl (C=O) groups is 3. The molecule has 0 atom stereocenters. The zero-order valence-electron chi connectivity index (χ0n) is 19.4. The number of hydrogen-bond acceptors (Lipinski definition) is 8. The highest BCUT2D eigenvalue weighted by molar-refractivity contribution is 7.87. The van der Waals surface area contributed by atoms with Crippen LogP contribution in [0.4, 0.5) is 10.5 Å². The SMILES string of the molecule is COc1ccc(N2C(=O)NC(=O)/C(=C\c3ccc(OS(=O)(=O)c4ccc(Cl)cc4)c(OC)c3)C2=O)cc1. The molecule has 1 fully saturated rings. The molecule has 37 heavy (non-hydrogen) atoms. The molecule has 4 rings (SSSR count). The number of amides is 4. The highest BCUT2D eigenvalue weighted by atomic mass is 35.5. The Morgan fingerprint density at radius 3 is 2.16 bits per heavy atom. The van der Waals surface area contributed by atoms with Crippen LogP contribution >= 0.6 is 11.6 Å². The molecule has 0 unspecified atom stereocenters. The molecule has 1 heterocycles. The number of ether oxygens (including phenoxy) is 2. The van der Waals surface area contributed by atoms with Crippen molar-refractivity contribution < 1.29 is 36.5 Å². The average molecular weight is 543 g/mol. The summed E-state index contributed by atoms with van der Waals surface area (Å²) >= 11 is 5.81. The maximum absolute atomic E-state index is 13.1. The van der Waals surface area contributed by atoms with E-state index in [2.05, 4.69) is 5.32 Å². The van der Waals surface area contributed by atoms with Gasteiger partial charge in [-0.15, -0.1) is 0 Å². The van der Waals surface area contributed by atoms with Gasteiger partial charge in [-0.25, -0.2) is 9.69 Å². The Morgan fingerprint density at radius 2 is 1.54 bits per heavy atom. The summed E-state index contributed by atoms with van der Waals surface area (Å²) in [5.74, 6) is -1.30. The lowest BCUT2D eigenvalue weighted by molar-refractivity contribution is -0.122. The lowest BCUT2D eigenvalue weighted by Gasteiger charge is -2.26. The molecule has 12 heteroatoms. The molecule has 1 aliphatic heterocycles. The molecular formula is C25H19ClN2O8S. The summed E-state index contributed by atoms with van der Waals surface area (Å²) in [4.78, 5) is 38.7. The fourth-order valence-electron chi connectivity index (χ4n) is 3.40. The first-order chi connectivity index (χ1) is 17.6. The maximum atomic E-state index is 13.1. The van der Waals surface area contributed by atoms with Crippen LogP contribution in [0, 0.1) is 0 Å². The zero-order valence-corrected chi connectivity index (χ0v) is 21.0. The molecule has 1 saturated heterocycles. The third kappa shape index (κ3) is 5.42. The van der Waals surface area contributed by atoms with Crippen LogP contribution in [0.25, 0.3) is 6.08 Å². The molecule has 10 nitrogen and oxygen atoms in total. The van der Waals surface area contributed by atoms with Gasteiger partial charge < -0.3 is 13.7 Å². The Bertz CT molecular complexity index is 1520. The van der Waals surface area contributed by atoms with E-state index in [-0.39, 0.29) is 27.7 Å². The van der Waals surface area contributed by atoms with E-state index in [1.807, 2.05) is 0 Å². The Kier molecular flexibility index (Phi) is 7.18. The normalized spacial score (nSPS) is 14.9. The molecule has 3 aromatic rings. The first kappa shape index (κ1) is 25.7. The van der Waals surface area contributed by atoms with Gasteiger partial charge in [0.25, 0.3) is 11.8 Å². The van der Waals surface area contributed by atoms with Gasteiger partial charge in [0.2, 0.25) is 0 Å². The lowest BCUT2D eigenvalue weighted by Crippen LogP contribution is -2.54. The van der Waals surface area contributed by atoms with Gasteiger partial charge in [0, 0.05) is 5.02 Å². The Hall–Kier alpha value is -4.35. The predicted molar refractivity (Wildman–Crippen MR) is 134 cm³/mol. The van der Waals surface area contributed by atoms with Crippen molar-refractivity contribution in [1.82, 2.24) is 5.32 Å². The second-order valence-corrected chi connectivity index (χ2v) is 9.54. The van der Waals surface area contributed by atoms with Crippen LogP contribution in [0.2, 0.25) is 5.02 Å². The van der Waals surface area contributed by atoms with E-state index >= 15 is 0 Å². The number of benzene rings is 3. The molecule has 190 valence electrons. The summed E-state index contributed by atoms with van der Waals surface area (Å²) in [6.07, 6.45) is 1.25. The van der Waals surface area contributed by atoms with Crippen molar-refractivity contribution >= 4 is 51.3 Å². The first-order valence-corrected chi connectivity index (χ1v) is 12.3. The van der Waals surface area contributed by atoms with Gasteiger partial charge >= 0.3 is 16.1 Å². The van der Waals surface area contributed by atoms with E-state index in [0.717, 1.165) is 4.90 Å². The van der Waals surface area contributed by atoms with E-state index in [4.69, 9.17) is 25.3 Å². The number of barbiturate groups is 1. The summed E-state index contributed by atoms with van der Waals surface area (Å²) in [7, 11) is -1.42. The number of halogens is 1. The molecule has 4 amide bonds. The van der Waals surface area contributed by atoms with Crippen LogP contribution in [-0.4, -0.2) is 40.5 Å². The molecule has 0 radical (unpaired) electrons. The second kappa shape index (κ2) is 10.3. The number of rotatable bonds is 7. The van der Waals surface area contributed by atoms with E-state index in [1.54, 1.807) is 12.1 Å². The molecule has 1 N–H and O–H groups in total. The topological polar surface area (TPSA) is 128 Å². The first-order valence-electron chi connectivity index (χ1n) is 10.6. The maximum Gasteiger partial charge on any atom is 0.339 e. The van der Waals surface area contributed by atoms with Gasteiger partial charge in [0.15, 0.2) is 11.5 Å². The number of hydrogen-bond donors (Lipinski definition) is 1. The van der Waals surface area contributed by atoms with Crippen molar-refractivity contribution in [2.24, 2.45) is 0 Å². The summed E-state index contributed by atoms with van der Waals surface area (Å²) < 4.78 is 40.8. The number of urea groups is 1. The van der Waals surface area contributed by atoms with Gasteiger partial charge in [-0.2, -0.15) is 8.42 Å². The van der Waals surface area contributed by atoms with Crippen molar-refractivity contribution in [3.05, 3.63) is 82.9 Å². The quantitative estimate of drug-likeness (QED) is 0.271. The Balaban J connectivity index is 1.64. The van der Waals surface area contributed by atoms with Crippen LogP contribution in [0.1, 0.15) is 5.56 Å². The number of methoxy groups -OCH3 is 2. The molecular weight excluding hydrogens is 524 g/mol. The average Bonchev–Trinajstić information content (AvgIpc) is 2.87. The number of anilines is 1. The Morgan fingerprint density at radius 1 is 0.865 bits per heavy atom. The fourth-order valence-corrected chi connectivity index (χ4v) is 4.47. The summed E-state index contributed by atoms with van der Waals surface area (Å²) in [5.41, 5.74) is 0.228. The summed E-state index contributed by atoms with van der Waals surface area (Å²) in [6, 6.07) is 14.8. The van der Waals surface area contributed by atoms with Gasteiger partial charge in [-0.1, -0.05) is 17.7 Å². The molecule has 1 aliphatic rings. The monoisotopic (exact) mass is 542 g/mol. The van der Waals surface area contributed by atoms with E-state index < -0.39 is 28.0 Å². The van der Waals surface area contributed by atoms with Crippen molar-refractivity contribution in [2.45, 2.75) is 4.90 Å². The molecule has 0 spiro atoms. The van der Waals surface area contributed by atoms with E-state index in [0.29, 0.717) is 16.3 Å². The van der Waals surface area contributed by atoms with Crippen molar-refractivity contribution in [1.29, 1.82) is 0 Å². The third-order valence-corrected chi connectivity index (χ3v) is 6.73. The highest BCUT2D eigenvalue weighted by Gasteiger charge is 2.36. The number of imide groups is 2. The fraction of sp³-hybridized carbons (Fsp3) is 0.0800. The largest absolute Gasteiger partial charge is 0.497 e.